The lowest BCUT2D eigenvalue weighted by atomic mass is 9.82. The molecule has 2 aromatic rings. The van der Waals surface area contributed by atoms with Crippen LogP contribution in [0, 0.1) is 11.3 Å². The second kappa shape index (κ2) is 4.97. The van der Waals surface area contributed by atoms with Gasteiger partial charge in [-0.05, 0) is 19.1 Å². The minimum absolute atomic E-state index is 0.0647. The van der Waals surface area contributed by atoms with E-state index >= 15 is 4.39 Å². The van der Waals surface area contributed by atoms with Gasteiger partial charge in [-0.2, -0.15) is 10.4 Å². The lowest BCUT2D eigenvalue weighted by molar-refractivity contribution is -0.0761. The molecule has 5 unspecified atom stereocenters. The second-order valence-electron chi connectivity index (χ2n) is 5.98. The molecule has 25 heavy (non-hydrogen) atoms. The molecule has 0 saturated carbocycles. The van der Waals surface area contributed by atoms with E-state index in [-0.39, 0.29) is 18.1 Å². The number of anilines is 1. The van der Waals surface area contributed by atoms with Crippen molar-refractivity contribution in [2.75, 3.05) is 12.3 Å². The molecule has 0 bridgehead atoms. The number of rotatable bonds is 1. The molecule has 4 rings (SSSR count). The highest BCUT2D eigenvalue weighted by atomic mass is 31.2. The van der Waals surface area contributed by atoms with Crippen LogP contribution in [0.1, 0.15) is 12.6 Å². The number of nitrogens with two attached hydrogens (primary N) is 1. The molecule has 2 saturated heterocycles. The van der Waals surface area contributed by atoms with Crippen LogP contribution < -0.4 is 5.73 Å². The van der Waals surface area contributed by atoms with Crippen molar-refractivity contribution in [3.8, 4) is 6.07 Å². The van der Waals surface area contributed by atoms with Gasteiger partial charge in [-0.1, -0.05) is 0 Å². The Kier molecular flexibility index (Phi) is 3.26. The van der Waals surface area contributed by atoms with E-state index in [9.17, 15) is 14.7 Å². The smallest absolute Gasteiger partial charge is 0.382 e. The fourth-order valence-corrected chi connectivity index (χ4v) is 4.32. The molecule has 0 amide bonds. The maximum Gasteiger partial charge on any atom is 0.472 e. The molecule has 10 nitrogen and oxygen atoms in total. The van der Waals surface area contributed by atoms with Crippen LogP contribution in [0.4, 0.5) is 10.2 Å². The zero-order valence-corrected chi connectivity index (χ0v) is 13.8. The average molecular weight is 369 g/mol. The highest BCUT2D eigenvalue weighted by molar-refractivity contribution is 7.47. The van der Waals surface area contributed by atoms with E-state index in [1.807, 2.05) is 6.07 Å². The first-order chi connectivity index (χ1) is 11.7. The Morgan fingerprint density at radius 2 is 2.36 bits per heavy atom. The van der Waals surface area contributed by atoms with Gasteiger partial charge < -0.3 is 15.4 Å². The van der Waals surface area contributed by atoms with E-state index in [2.05, 4.69) is 14.6 Å². The molecule has 132 valence electrons. The number of ether oxygens (including phenoxy) is 1. The SMILES string of the molecule is CC1(F)C2OP(=O)(O)OCC2OC1(C#N)c1ccc2c(N)ncnn12. The van der Waals surface area contributed by atoms with Gasteiger partial charge in [0.1, 0.15) is 30.1 Å². The predicted octanol–water partition coefficient (Wildman–Crippen LogP) is 0.673. The van der Waals surface area contributed by atoms with Gasteiger partial charge in [-0.25, -0.2) is 18.5 Å². The van der Waals surface area contributed by atoms with E-state index < -0.39 is 31.3 Å². The Balaban J connectivity index is 1.91. The number of alkyl halides is 1. The van der Waals surface area contributed by atoms with E-state index in [4.69, 9.17) is 15.0 Å². The summed E-state index contributed by atoms with van der Waals surface area (Å²) >= 11 is 0. The number of phosphoric ester groups is 1. The summed E-state index contributed by atoms with van der Waals surface area (Å²) in [4.78, 5) is 13.3. The number of aromatic nitrogens is 3. The molecule has 0 aromatic carbocycles. The van der Waals surface area contributed by atoms with Crippen molar-refractivity contribution in [3.05, 3.63) is 24.2 Å². The average Bonchev–Trinajstić information content (AvgIpc) is 3.07. The highest BCUT2D eigenvalue weighted by Crippen LogP contribution is 2.59. The number of halogens is 1. The Hall–Kier alpha value is -2.09. The zero-order chi connectivity index (χ0) is 18.0. The number of nitrogen functional groups attached to an aromatic ring is 1. The molecule has 2 fully saturated rings. The van der Waals surface area contributed by atoms with Gasteiger partial charge in [0, 0.05) is 0 Å². The predicted molar refractivity (Wildman–Crippen MR) is 79.7 cm³/mol. The molecule has 2 aromatic heterocycles. The van der Waals surface area contributed by atoms with Crippen LogP contribution in [0.5, 0.6) is 0 Å². The fourth-order valence-electron chi connectivity index (χ4n) is 3.31. The maximum absolute atomic E-state index is 15.8. The molecule has 2 aliphatic rings. The summed E-state index contributed by atoms with van der Waals surface area (Å²) < 4.78 is 43.9. The van der Waals surface area contributed by atoms with Crippen molar-refractivity contribution in [2.24, 2.45) is 0 Å². The van der Waals surface area contributed by atoms with Gasteiger partial charge in [0.05, 0.1) is 12.3 Å². The van der Waals surface area contributed by atoms with Crippen molar-refractivity contribution >= 4 is 19.2 Å². The van der Waals surface area contributed by atoms with Gasteiger partial charge in [0.2, 0.25) is 5.60 Å². The lowest BCUT2D eigenvalue weighted by Gasteiger charge is -2.33. The summed E-state index contributed by atoms with van der Waals surface area (Å²) in [6.07, 6.45) is -1.36. The largest absolute Gasteiger partial charge is 0.472 e. The fraction of sp³-hybridized carbons (Fsp3) is 0.462. The minimum Gasteiger partial charge on any atom is -0.382 e. The van der Waals surface area contributed by atoms with Gasteiger partial charge in [-0.3, -0.25) is 9.05 Å². The van der Waals surface area contributed by atoms with Crippen LogP contribution in [0.25, 0.3) is 5.52 Å². The third-order valence-electron chi connectivity index (χ3n) is 4.54. The summed E-state index contributed by atoms with van der Waals surface area (Å²) in [7, 11) is -4.42. The van der Waals surface area contributed by atoms with Crippen molar-refractivity contribution in [3.63, 3.8) is 0 Å². The van der Waals surface area contributed by atoms with E-state index in [1.54, 1.807) is 0 Å². The molecule has 0 aliphatic carbocycles. The van der Waals surface area contributed by atoms with E-state index in [0.29, 0.717) is 5.52 Å². The second-order valence-corrected chi connectivity index (χ2v) is 7.38. The molecule has 3 N–H and O–H groups in total. The van der Waals surface area contributed by atoms with E-state index in [1.165, 1.54) is 16.6 Å². The summed E-state index contributed by atoms with van der Waals surface area (Å²) in [6, 6.07) is 4.81. The van der Waals surface area contributed by atoms with Gasteiger partial charge in [0.15, 0.2) is 11.5 Å². The number of nitriles is 1. The standard InChI is InChI=1S/C13H13FN5O5P/c1-12(14)10-8(4-22-25(20,21)24-10)23-13(12,5-15)9-3-2-7-11(16)17-6-18-19(7)9/h2-3,6,8,10H,4H2,1H3,(H,20,21)(H2,16,17,18). The van der Waals surface area contributed by atoms with Crippen LogP contribution in [-0.4, -0.2) is 44.0 Å². The number of hydrogen-bond acceptors (Lipinski definition) is 8. The summed E-state index contributed by atoms with van der Waals surface area (Å²) in [5.41, 5.74) is 1.58. The summed E-state index contributed by atoms with van der Waals surface area (Å²) in [5.74, 6) is 0.143. The Morgan fingerprint density at radius 3 is 3.08 bits per heavy atom. The van der Waals surface area contributed by atoms with Crippen LogP contribution in [-0.2, 0) is 24.0 Å². The van der Waals surface area contributed by atoms with Crippen LogP contribution in [0.15, 0.2) is 18.5 Å². The quantitative estimate of drug-likeness (QED) is 0.693. The van der Waals surface area contributed by atoms with Crippen LogP contribution in [0.3, 0.4) is 0 Å². The normalized spacial score (nSPS) is 40.7. The molecule has 5 atom stereocenters. The molecular weight excluding hydrogens is 356 g/mol. The molecular formula is C13H13FN5O5P. The number of phosphoric acid groups is 1. The van der Waals surface area contributed by atoms with Crippen molar-refractivity contribution < 1.29 is 27.6 Å². The van der Waals surface area contributed by atoms with Crippen LogP contribution in [0.2, 0.25) is 0 Å². The minimum atomic E-state index is -4.42. The van der Waals surface area contributed by atoms with Crippen molar-refractivity contribution in [1.29, 1.82) is 5.26 Å². The highest BCUT2D eigenvalue weighted by Gasteiger charge is 2.70. The van der Waals surface area contributed by atoms with Gasteiger partial charge >= 0.3 is 7.82 Å². The van der Waals surface area contributed by atoms with E-state index in [0.717, 1.165) is 13.3 Å². The number of fused-ring (bicyclic) bond motifs is 2. The third-order valence-corrected chi connectivity index (χ3v) is 5.51. The lowest BCUT2D eigenvalue weighted by Crippen LogP contribution is -2.50. The zero-order valence-electron chi connectivity index (χ0n) is 12.9. The Bertz CT molecular complexity index is 958. The third kappa shape index (κ3) is 2.06. The number of nitrogens with zero attached hydrogens (tertiary/aromatic N) is 4. The van der Waals surface area contributed by atoms with Crippen molar-refractivity contribution in [2.45, 2.75) is 30.4 Å². The first-order valence-corrected chi connectivity index (χ1v) is 8.74. The maximum atomic E-state index is 15.8. The van der Waals surface area contributed by atoms with Gasteiger partial charge in [0.25, 0.3) is 0 Å². The topological polar surface area (TPSA) is 145 Å². The van der Waals surface area contributed by atoms with Crippen LogP contribution >= 0.6 is 7.82 Å². The molecule has 12 heteroatoms. The first-order valence-electron chi connectivity index (χ1n) is 7.24. The van der Waals surface area contributed by atoms with Crippen molar-refractivity contribution in [1.82, 2.24) is 14.6 Å². The van der Waals surface area contributed by atoms with Gasteiger partial charge in [-0.15, -0.1) is 0 Å². The Labute approximate surface area is 140 Å². The molecule has 4 heterocycles. The Morgan fingerprint density at radius 1 is 1.60 bits per heavy atom. The molecule has 0 radical (unpaired) electrons. The monoisotopic (exact) mass is 369 g/mol. The number of hydrogen-bond donors (Lipinski definition) is 2. The summed E-state index contributed by atoms with van der Waals surface area (Å²) in [6.45, 7) is 0.692. The molecule has 0 spiro atoms. The first kappa shape index (κ1) is 16.4. The summed E-state index contributed by atoms with van der Waals surface area (Å²) in [5, 5.41) is 13.8. The molecule has 2 aliphatic heterocycles.